The van der Waals surface area contributed by atoms with E-state index in [-0.39, 0.29) is 41.5 Å². The monoisotopic (exact) mass is 453 g/mol. The van der Waals surface area contributed by atoms with Crippen LogP contribution >= 0.6 is 11.8 Å². The third-order valence-electron chi connectivity index (χ3n) is 6.68. The molecule has 8 heteroatoms. The maximum absolute atomic E-state index is 13.7. The third kappa shape index (κ3) is 4.47. The predicted octanol–water partition coefficient (Wildman–Crippen LogP) is 1.93. The molecule has 3 fully saturated rings. The minimum absolute atomic E-state index is 0.0386. The summed E-state index contributed by atoms with van der Waals surface area (Å²) in [6.07, 6.45) is 3.21. The van der Waals surface area contributed by atoms with Crippen LogP contribution in [0.25, 0.3) is 0 Å². The summed E-state index contributed by atoms with van der Waals surface area (Å²) in [4.78, 5) is 41.7. The highest BCUT2D eigenvalue weighted by Gasteiger charge is 2.73. The first-order chi connectivity index (χ1) is 14.4. The first-order valence-corrected chi connectivity index (χ1v) is 12.4. The van der Waals surface area contributed by atoms with Gasteiger partial charge in [0, 0.05) is 23.9 Å². The molecule has 0 aromatic heterocycles. The van der Waals surface area contributed by atoms with E-state index in [2.05, 4.69) is 31.4 Å². The summed E-state index contributed by atoms with van der Waals surface area (Å²) < 4.78 is -0.590. The number of likely N-dealkylation sites (tertiary alicyclic amines) is 1. The van der Waals surface area contributed by atoms with Gasteiger partial charge in [0.25, 0.3) is 0 Å². The number of β-amino-alcohol motifs (C(OH)–C–C–N with tert-alkyl or cyclic N) is 1. The van der Waals surface area contributed by atoms with Gasteiger partial charge in [0.15, 0.2) is 0 Å². The second-order valence-corrected chi connectivity index (χ2v) is 12.8. The second-order valence-electron chi connectivity index (χ2n) is 11.2. The van der Waals surface area contributed by atoms with Gasteiger partial charge >= 0.3 is 0 Å². The molecule has 1 spiro atoms. The Morgan fingerprint density at radius 2 is 1.90 bits per heavy atom. The van der Waals surface area contributed by atoms with E-state index in [1.54, 1.807) is 16.7 Å². The number of thioether (sulfide) groups is 1. The molecule has 0 aromatic carbocycles. The van der Waals surface area contributed by atoms with E-state index in [0.29, 0.717) is 6.54 Å². The number of hydrogen-bond donors (Lipinski definition) is 3. The van der Waals surface area contributed by atoms with Crippen molar-refractivity contribution in [1.29, 1.82) is 0 Å². The highest BCUT2D eigenvalue weighted by Crippen LogP contribution is 2.66. The summed E-state index contributed by atoms with van der Waals surface area (Å²) >= 11 is 1.66. The minimum atomic E-state index is -0.657. The van der Waals surface area contributed by atoms with E-state index in [9.17, 15) is 19.5 Å². The first-order valence-electron chi connectivity index (χ1n) is 11.6. The fourth-order valence-electron chi connectivity index (χ4n) is 6.24. The summed E-state index contributed by atoms with van der Waals surface area (Å²) in [6, 6.07) is -0.657. The maximum Gasteiger partial charge on any atom is 0.244 e. The maximum atomic E-state index is 13.7. The first kappa shape index (κ1) is 24.4. The van der Waals surface area contributed by atoms with Gasteiger partial charge in [-0.15, -0.1) is 11.8 Å². The summed E-state index contributed by atoms with van der Waals surface area (Å²) in [5.41, 5.74) is -0.395. The van der Waals surface area contributed by atoms with Gasteiger partial charge in [-0.25, -0.2) is 0 Å². The average molecular weight is 454 g/mol. The summed E-state index contributed by atoms with van der Waals surface area (Å²) in [7, 11) is 0. The molecule has 3 N–H and O–H groups in total. The average Bonchev–Trinajstić information content (AvgIpc) is 3.25. The third-order valence-corrected chi connectivity index (χ3v) is 8.63. The normalized spacial score (nSPS) is 32.4. The molecule has 0 aromatic rings. The Kier molecular flexibility index (Phi) is 6.74. The Bertz CT molecular complexity index is 735. The Balaban J connectivity index is 1.90. The standard InChI is InChI=1S/C23H39N3O4S/c1-7-10-24-18(28)15-14-8-9-23(31-14)16(15)20(30)26(11-12-27)17(23)19(29)25-22(5,6)13-21(2,3)4/h14-17,27H,7-13H2,1-6H3,(H,24,28)(H,25,29)/t14-,15+,16-,17?,23?/m0/s1. The van der Waals surface area contributed by atoms with Gasteiger partial charge in [0.2, 0.25) is 17.7 Å². The SMILES string of the molecule is CCCNC(=O)[C@@H]1[C@@H]2CCC3(S2)C(C(=O)NC(C)(C)CC(C)(C)C)N(CCO)C(=O)[C@H]13. The highest BCUT2D eigenvalue weighted by atomic mass is 32.2. The van der Waals surface area contributed by atoms with Crippen LogP contribution in [0.2, 0.25) is 0 Å². The Morgan fingerprint density at radius 1 is 1.23 bits per heavy atom. The zero-order valence-corrected chi connectivity index (χ0v) is 20.6. The molecule has 0 saturated carbocycles. The van der Waals surface area contributed by atoms with Crippen LogP contribution in [0, 0.1) is 17.3 Å². The Morgan fingerprint density at radius 3 is 2.48 bits per heavy atom. The van der Waals surface area contributed by atoms with Crippen molar-refractivity contribution in [3.63, 3.8) is 0 Å². The zero-order valence-electron chi connectivity index (χ0n) is 19.8. The predicted molar refractivity (Wildman–Crippen MR) is 123 cm³/mol. The summed E-state index contributed by atoms with van der Waals surface area (Å²) in [5, 5.41) is 15.9. The molecule has 3 amide bonds. The molecular formula is C23H39N3O4S. The lowest BCUT2D eigenvalue weighted by Gasteiger charge is -2.38. The highest BCUT2D eigenvalue weighted by molar-refractivity contribution is 8.02. The van der Waals surface area contributed by atoms with Gasteiger partial charge in [-0.05, 0) is 44.9 Å². The minimum Gasteiger partial charge on any atom is -0.395 e. The van der Waals surface area contributed by atoms with Crippen molar-refractivity contribution in [2.75, 3.05) is 19.7 Å². The van der Waals surface area contributed by atoms with Crippen LogP contribution < -0.4 is 10.6 Å². The van der Waals surface area contributed by atoms with E-state index in [0.717, 1.165) is 25.7 Å². The fourth-order valence-corrected chi connectivity index (χ4v) is 8.46. The molecule has 5 atom stereocenters. The van der Waals surface area contributed by atoms with Crippen molar-refractivity contribution in [2.45, 2.75) is 88.8 Å². The van der Waals surface area contributed by atoms with Crippen molar-refractivity contribution in [3.05, 3.63) is 0 Å². The molecule has 3 aliphatic rings. The van der Waals surface area contributed by atoms with Crippen LogP contribution in [-0.4, -0.2) is 69.0 Å². The lowest BCUT2D eigenvalue weighted by Crippen LogP contribution is -2.58. The smallest absolute Gasteiger partial charge is 0.244 e. The van der Waals surface area contributed by atoms with Crippen LogP contribution in [-0.2, 0) is 14.4 Å². The van der Waals surface area contributed by atoms with Crippen LogP contribution in [0.5, 0.6) is 0 Å². The molecule has 0 radical (unpaired) electrons. The van der Waals surface area contributed by atoms with Gasteiger partial charge < -0.3 is 20.6 Å². The van der Waals surface area contributed by atoms with E-state index >= 15 is 0 Å². The number of amides is 3. The van der Waals surface area contributed by atoms with Crippen molar-refractivity contribution < 1.29 is 19.5 Å². The summed E-state index contributed by atoms with van der Waals surface area (Å²) in [5.74, 6) is -1.30. The van der Waals surface area contributed by atoms with Gasteiger partial charge in [0.05, 0.1) is 23.2 Å². The lowest BCUT2D eigenvalue weighted by atomic mass is 9.70. The van der Waals surface area contributed by atoms with E-state index in [4.69, 9.17) is 0 Å². The molecule has 2 unspecified atom stereocenters. The Labute approximate surface area is 190 Å². The largest absolute Gasteiger partial charge is 0.395 e. The molecule has 2 bridgehead atoms. The number of hydrogen-bond acceptors (Lipinski definition) is 5. The van der Waals surface area contributed by atoms with Crippen LogP contribution in [0.3, 0.4) is 0 Å². The van der Waals surface area contributed by atoms with Crippen molar-refractivity contribution in [2.24, 2.45) is 17.3 Å². The topological polar surface area (TPSA) is 98.7 Å². The number of rotatable bonds is 8. The molecule has 176 valence electrons. The van der Waals surface area contributed by atoms with Crippen molar-refractivity contribution in [1.82, 2.24) is 15.5 Å². The number of carbonyl (C=O) groups excluding carboxylic acids is 3. The summed E-state index contributed by atoms with van der Waals surface area (Å²) in [6.45, 7) is 12.9. The van der Waals surface area contributed by atoms with E-state index in [1.807, 2.05) is 20.8 Å². The zero-order chi connectivity index (χ0) is 23.2. The molecule has 7 nitrogen and oxygen atoms in total. The number of nitrogens with zero attached hydrogens (tertiary/aromatic N) is 1. The molecule has 3 rings (SSSR count). The second kappa shape index (κ2) is 8.58. The van der Waals surface area contributed by atoms with Crippen molar-refractivity contribution >= 4 is 29.5 Å². The van der Waals surface area contributed by atoms with Gasteiger partial charge in [-0.2, -0.15) is 0 Å². The molecule has 3 saturated heterocycles. The number of aliphatic hydroxyl groups excluding tert-OH is 1. The van der Waals surface area contributed by atoms with Gasteiger partial charge in [-0.1, -0.05) is 27.7 Å². The van der Waals surface area contributed by atoms with Crippen LogP contribution in [0.15, 0.2) is 0 Å². The molecule has 3 aliphatic heterocycles. The molecule has 3 heterocycles. The molecular weight excluding hydrogens is 414 g/mol. The number of carbonyl (C=O) groups is 3. The van der Waals surface area contributed by atoms with Crippen molar-refractivity contribution in [3.8, 4) is 0 Å². The van der Waals surface area contributed by atoms with Gasteiger partial charge in [0.1, 0.15) is 6.04 Å². The fraction of sp³-hybridized carbons (Fsp3) is 0.870. The Hall–Kier alpha value is -1.28. The number of aliphatic hydroxyl groups is 1. The van der Waals surface area contributed by atoms with Crippen LogP contribution in [0.4, 0.5) is 0 Å². The molecule has 0 aliphatic carbocycles. The number of fused-ring (bicyclic) bond motifs is 1. The number of nitrogens with one attached hydrogen (secondary N) is 2. The van der Waals surface area contributed by atoms with E-state index < -0.39 is 28.2 Å². The molecule has 31 heavy (non-hydrogen) atoms. The van der Waals surface area contributed by atoms with Crippen LogP contribution in [0.1, 0.15) is 67.2 Å². The van der Waals surface area contributed by atoms with E-state index in [1.165, 1.54) is 0 Å². The quantitative estimate of drug-likeness (QED) is 0.522. The lowest BCUT2D eigenvalue weighted by molar-refractivity contribution is -0.140. The van der Waals surface area contributed by atoms with Gasteiger partial charge in [-0.3, -0.25) is 14.4 Å².